The molecule has 0 saturated heterocycles. The molecule has 1 heterocycles. The van der Waals surface area contributed by atoms with Gasteiger partial charge in [-0.25, -0.2) is 4.98 Å². The molecule has 17 heavy (non-hydrogen) atoms. The Hall–Kier alpha value is -1.84. The van der Waals surface area contributed by atoms with Crippen molar-refractivity contribution >= 4 is 5.91 Å². The fourth-order valence-corrected chi connectivity index (χ4v) is 1.62. The maximum atomic E-state index is 11.4. The van der Waals surface area contributed by atoms with Crippen LogP contribution in [0.3, 0.4) is 0 Å². The lowest BCUT2D eigenvalue weighted by atomic mass is 10.3. The average molecular weight is 233 g/mol. The second-order valence-electron chi connectivity index (χ2n) is 4.05. The number of aromatic nitrogens is 2. The largest absolute Gasteiger partial charge is 0.347 e. The van der Waals surface area contributed by atoms with Crippen LogP contribution in [0.1, 0.15) is 24.1 Å². The molecule has 0 aromatic carbocycles. The number of aryl methyl sites for hydroxylation is 1. The summed E-state index contributed by atoms with van der Waals surface area (Å²) < 4.78 is 2.06. The molecule has 0 aliphatic rings. The van der Waals surface area contributed by atoms with Gasteiger partial charge < -0.3 is 9.88 Å². The van der Waals surface area contributed by atoms with Crippen molar-refractivity contribution in [3.63, 3.8) is 0 Å². The number of carbonyl (C=O) groups excluding carboxylic acids is 1. The number of amides is 1. The minimum absolute atomic E-state index is 0.139. The van der Waals surface area contributed by atoms with Crippen LogP contribution in [0.2, 0.25) is 0 Å². The van der Waals surface area contributed by atoms with Crippen molar-refractivity contribution in [1.82, 2.24) is 14.9 Å². The van der Waals surface area contributed by atoms with Gasteiger partial charge in [-0.3, -0.25) is 4.79 Å². The Labute approximate surface area is 102 Å². The first-order chi connectivity index (χ1) is 7.97. The third kappa shape index (κ3) is 3.06. The van der Waals surface area contributed by atoms with E-state index in [0.29, 0.717) is 12.1 Å². The van der Waals surface area contributed by atoms with Crippen molar-refractivity contribution in [2.24, 2.45) is 0 Å². The Morgan fingerprint density at radius 2 is 2.18 bits per heavy atom. The number of hydrogen-bond acceptors (Lipinski definition) is 2. The minimum atomic E-state index is -0.139. The molecule has 0 radical (unpaired) electrons. The minimum Gasteiger partial charge on any atom is -0.347 e. The van der Waals surface area contributed by atoms with Crippen molar-refractivity contribution in [2.75, 3.05) is 0 Å². The highest BCUT2D eigenvalue weighted by molar-refractivity contribution is 5.91. The monoisotopic (exact) mass is 233 g/mol. The van der Waals surface area contributed by atoms with Crippen LogP contribution in [0.25, 0.3) is 0 Å². The number of imidazole rings is 1. The molecular formula is C13H19N3O. The van der Waals surface area contributed by atoms with Crippen LogP contribution in [0.15, 0.2) is 24.8 Å². The number of hydrogen-bond donors (Lipinski definition) is 1. The van der Waals surface area contributed by atoms with E-state index >= 15 is 0 Å². The Morgan fingerprint density at radius 3 is 2.71 bits per heavy atom. The number of nitrogens with one attached hydrogen (secondary N) is 1. The molecule has 0 saturated carbocycles. The molecule has 0 aliphatic carbocycles. The lowest BCUT2D eigenvalue weighted by Crippen LogP contribution is -2.23. The summed E-state index contributed by atoms with van der Waals surface area (Å²) in [6, 6.07) is 0. The molecule has 1 amide bonds. The van der Waals surface area contributed by atoms with E-state index in [1.165, 1.54) is 0 Å². The molecule has 4 heteroatoms. The van der Waals surface area contributed by atoms with Crippen LogP contribution >= 0.6 is 0 Å². The summed E-state index contributed by atoms with van der Waals surface area (Å²) in [4.78, 5) is 15.8. The predicted molar refractivity (Wildman–Crippen MR) is 68.6 cm³/mol. The van der Waals surface area contributed by atoms with Crippen LogP contribution in [0, 0.1) is 13.8 Å². The summed E-state index contributed by atoms with van der Waals surface area (Å²) in [5, 5.41) is 2.78. The molecule has 1 aromatic rings. The molecule has 0 bridgehead atoms. The van der Waals surface area contributed by atoms with Crippen LogP contribution in [0.5, 0.6) is 0 Å². The van der Waals surface area contributed by atoms with Crippen molar-refractivity contribution in [1.29, 1.82) is 0 Å². The molecule has 0 spiro atoms. The Morgan fingerprint density at radius 1 is 1.53 bits per heavy atom. The van der Waals surface area contributed by atoms with Gasteiger partial charge in [-0.15, -0.1) is 6.58 Å². The summed E-state index contributed by atoms with van der Waals surface area (Å²) in [5.74, 6) is 0.794. The lowest BCUT2D eigenvalue weighted by Gasteiger charge is -2.05. The Balaban J connectivity index is 2.79. The van der Waals surface area contributed by atoms with E-state index in [-0.39, 0.29) is 5.91 Å². The zero-order valence-corrected chi connectivity index (χ0v) is 10.7. The van der Waals surface area contributed by atoms with Gasteiger partial charge in [-0.1, -0.05) is 12.7 Å². The highest BCUT2D eigenvalue weighted by Gasteiger charge is 2.10. The second-order valence-corrected chi connectivity index (χ2v) is 4.05. The van der Waals surface area contributed by atoms with Gasteiger partial charge in [-0.2, -0.15) is 0 Å². The molecule has 1 N–H and O–H groups in total. The van der Waals surface area contributed by atoms with E-state index < -0.39 is 0 Å². The highest BCUT2D eigenvalue weighted by Crippen LogP contribution is 2.10. The molecule has 0 unspecified atom stereocenters. The fraction of sp³-hybridized carbons (Fsp3) is 0.385. The second kappa shape index (κ2) is 5.48. The van der Waals surface area contributed by atoms with Crippen molar-refractivity contribution in [3.05, 3.63) is 42.0 Å². The van der Waals surface area contributed by atoms with Gasteiger partial charge in [0.15, 0.2) is 0 Å². The number of nitrogens with zero attached hydrogens (tertiary/aromatic N) is 2. The van der Waals surface area contributed by atoms with E-state index in [1.807, 2.05) is 19.9 Å². The molecule has 1 aromatic heterocycles. The standard InChI is InChI=1S/C13H19N3O/c1-6-7-16-10(4)12(15-11(16)5)8-14-13(17)9(2)3/h6H,1-2,7-8H2,3-5H3,(H,14,17). The first-order valence-electron chi connectivity index (χ1n) is 5.54. The predicted octanol–water partition coefficient (Wildman–Crippen LogP) is 1.88. The van der Waals surface area contributed by atoms with E-state index in [0.717, 1.165) is 23.8 Å². The van der Waals surface area contributed by atoms with E-state index in [9.17, 15) is 4.79 Å². The van der Waals surface area contributed by atoms with Crippen LogP contribution < -0.4 is 5.32 Å². The van der Waals surface area contributed by atoms with Gasteiger partial charge >= 0.3 is 0 Å². The lowest BCUT2D eigenvalue weighted by molar-refractivity contribution is -0.117. The van der Waals surface area contributed by atoms with Gasteiger partial charge in [0.1, 0.15) is 5.82 Å². The van der Waals surface area contributed by atoms with Gasteiger partial charge in [0.05, 0.1) is 12.2 Å². The van der Waals surface area contributed by atoms with Gasteiger partial charge in [0.25, 0.3) is 0 Å². The quantitative estimate of drug-likeness (QED) is 0.623. The zero-order chi connectivity index (χ0) is 13.0. The summed E-state index contributed by atoms with van der Waals surface area (Å²) in [6.45, 7) is 14.1. The Kier molecular flexibility index (Phi) is 4.26. The number of rotatable bonds is 5. The third-order valence-electron chi connectivity index (χ3n) is 2.63. The average Bonchev–Trinajstić information content (AvgIpc) is 2.53. The van der Waals surface area contributed by atoms with Crippen molar-refractivity contribution in [2.45, 2.75) is 33.9 Å². The molecule has 1 rings (SSSR count). The molecule has 4 nitrogen and oxygen atoms in total. The summed E-state index contributed by atoms with van der Waals surface area (Å²) in [5.41, 5.74) is 2.45. The van der Waals surface area contributed by atoms with Crippen LogP contribution in [0.4, 0.5) is 0 Å². The number of carbonyl (C=O) groups is 1. The fourth-order valence-electron chi connectivity index (χ4n) is 1.62. The Bertz CT molecular complexity index is 457. The maximum absolute atomic E-state index is 11.4. The molecule has 0 fully saturated rings. The van der Waals surface area contributed by atoms with Crippen LogP contribution in [-0.2, 0) is 17.9 Å². The zero-order valence-electron chi connectivity index (χ0n) is 10.7. The normalized spacial score (nSPS) is 10.1. The summed E-state index contributed by atoms with van der Waals surface area (Å²) in [6.07, 6.45) is 1.83. The smallest absolute Gasteiger partial charge is 0.246 e. The van der Waals surface area contributed by atoms with E-state index in [2.05, 4.69) is 28.0 Å². The number of allylic oxidation sites excluding steroid dienone is 1. The van der Waals surface area contributed by atoms with Crippen molar-refractivity contribution in [3.8, 4) is 0 Å². The summed E-state index contributed by atoms with van der Waals surface area (Å²) in [7, 11) is 0. The van der Waals surface area contributed by atoms with Crippen molar-refractivity contribution < 1.29 is 4.79 Å². The maximum Gasteiger partial charge on any atom is 0.246 e. The van der Waals surface area contributed by atoms with E-state index in [4.69, 9.17) is 0 Å². The molecule has 0 atom stereocenters. The van der Waals surface area contributed by atoms with Crippen LogP contribution in [-0.4, -0.2) is 15.5 Å². The van der Waals surface area contributed by atoms with Gasteiger partial charge in [0, 0.05) is 17.8 Å². The third-order valence-corrected chi connectivity index (χ3v) is 2.63. The summed E-state index contributed by atoms with van der Waals surface area (Å²) >= 11 is 0. The van der Waals surface area contributed by atoms with E-state index in [1.54, 1.807) is 6.92 Å². The van der Waals surface area contributed by atoms with Gasteiger partial charge in [-0.05, 0) is 20.8 Å². The molecular weight excluding hydrogens is 214 g/mol. The molecule has 0 aliphatic heterocycles. The first-order valence-corrected chi connectivity index (χ1v) is 5.54. The van der Waals surface area contributed by atoms with Gasteiger partial charge in [0.2, 0.25) is 5.91 Å². The topological polar surface area (TPSA) is 46.9 Å². The molecule has 92 valence electrons. The highest BCUT2D eigenvalue weighted by atomic mass is 16.1. The first kappa shape index (κ1) is 13.2. The SMILES string of the molecule is C=CCn1c(C)nc(CNC(=O)C(=C)C)c1C.